The number of carbonyl (C=O) groups is 1. The van der Waals surface area contributed by atoms with Gasteiger partial charge in [0.15, 0.2) is 0 Å². The molecule has 0 aliphatic carbocycles. The number of likely N-dealkylation sites (tertiary alicyclic amines) is 1. The highest BCUT2D eigenvalue weighted by molar-refractivity contribution is 5.90. The van der Waals surface area contributed by atoms with Gasteiger partial charge in [-0.05, 0) is 25.8 Å². The van der Waals surface area contributed by atoms with Crippen LogP contribution in [0.15, 0.2) is 6.20 Å². The van der Waals surface area contributed by atoms with Gasteiger partial charge in [0.2, 0.25) is 0 Å². The average molecular weight is 267 g/mol. The number of aliphatic hydroxyl groups excluding tert-OH is 1. The van der Waals surface area contributed by atoms with Crippen molar-refractivity contribution >= 4 is 5.97 Å². The van der Waals surface area contributed by atoms with Gasteiger partial charge in [0.1, 0.15) is 5.56 Å². The number of aromatic nitrogens is 2. The van der Waals surface area contributed by atoms with Crippen molar-refractivity contribution in [1.29, 1.82) is 0 Å². The van der Waals surface area contributed by atoms with Crippen LogP contribution in [0.5, 0.6) is 0 Å². The molecule has 2 rings (SSSR count). The van der Waals surface area contributed by atoms with Crippen LogP contribution in [0.4, 0.5) is 0 Å². The molecule has 1 aromatic rings. The van der Waals surface area contributed by atoms with Crippen molar-refractivity contribution in [2.45, 2.75) is 19.9 Å². The summed E-state index contributed by atoms with van der Waals surface area (Å²) < 4.78 is 6.76. The first-order valence-corrected chi connectivity index (χ1v) is 6.66. The van der Waals surface area contributed by atoms with Crippen molar-refractivity contribution in [3.05, 3.63) is 17.5 Å². The normalized spacial score (nSPS) is 19.8. The van der Waals surface area contributed by atoms with Crippen LogP contribution in [0.2, 0.25) is 0 Å². The molecule has 1 aliphatic rings. The van der Waals surface area contributed by atoms with Gasteiger partial charge in [0.25, 0.3) is 0 Å². The SMILES string of the molecule is CCOC(=O)c1cnn(C)c1CN1CCC(CO)C1. The second-order valence-corrected chi connectivity index (χ2v) is 4.92. The predicted molar refractivity (Wildman–Crippen MR) is 69.6 cm³/mol. The first-order valence-electron chi connectivity index (χ1n) is 6.66. The van der Waals surface area contributed by atoms with Gasteiger partial charge in [0.05, 0.1) is 18.5 Å². The Balaban J connectivity index is 2.07. The summed E-state index contributed by atoms with van der Waals surface area (Å²) in [5, 5.41) is 13.3. The first kappa shape index (κ1) is 14.0. The maximum Gasteiger partial charge on any atom is 0.341 e. The zero-order valence-corrected chi connectivity index (χ0v) is 11.5. The van der Waals surface area contributed by atoms with E-state index in [0.29, 0.717) is 24.6 Å². The van der Waals surface area contributed by atoms with Gasteiger partial charge in [-0.15, -0.1) is 0 Å². The largest absolute Gasteiger partial charge is 0.462 e. The molecule has 0 spiro atoms. The van der Waals surface area contributed by atoms with Crippen molar-refractivity contribution in [2.75, 3.05) is 26.3 Å². The number of carbonyl (C=O) groups excluding carboxylic acids is 1. The summed E-state index contributed by atoms with van der Waals surface area (Å²) in [6.45, 7) is 4.86. The van der Waals surface area contributed by atoms with Gasteiger partial charge >= 0.3 is 5.97 Å². The molecule has 0 aromatic carbocycles. The number of hydrogen-bond acceptors (Lipinski definition) is 5. The molecule has 1 aliphatic heterocycles. The van der Waals surface area contributed by atoms with Gasteiger partial charge in [0, 0.05) is 26.7 Å². The van der Waals surface area contributed by atoms with Crippen molar-refractivity contribution < 1.29 is 14.6 Å². The van der Waals surface area contributed by atoms with E-state index in [2.05, 4.69) is 10.00 Å². The maximum absolute atomic E-state index is 11.8. The second-order valence-electron chi connectivity index (χ2n) is 4.92. The molecule has 1 atom stereocenters. The van der Waals surface area contributed by atoms with Gasteiger partial charge < -0.3 is 9.84 Å². The van der Waals surface area contributed by atoms with Crippen LogP contribution < -0.4 is 0 Å². The third-order valence-corrected chi connectivity index (χ3v) is 3.56. The van der Waals surface area contributed by atoms with Crippen molar-refractivity contribution in [1.82, 2.24) is 14.7 Å². The Hall–Kier alpha value is -1.40. The van der Waals surface area contributed by atoms with Crippen molar-refractivity contribution in [2.24, 2.45) is 13.0 Å². The molecular weight excluding hydrogens is 246 g/mol. The third kappa shape index (κ3) is 3.13. The van der Waals surface area contributed by atoms with E-state index in [9.17, 15) is 4.79 Å². The fourth-order valence-corrected chi connectivity index (χ4v) is 2.45. The van der Waals surface area contributed by atoms with E-state index in [0.717, 1.165) is 25.2 Å². The molecule has 0 saturated carbocycles. The van der Waals surface area contributed by atoms with E-state index in [4.69, 9.17) is 9.84 Å². The molecular formula is C13H21N3O3. The van der Waals surface area contributed by atoms with Crippen LogP contribution in [0.25, 0.3) is 0 Å². The summed E-state index contributed by atoms with van der Waals surface area (Å²) in [7, 11) is 1.83. The maximum atomic E-state index is 11.8. The molecule has 1 saturated heterocycles. The van der Waals surface area contributed by atoms with Crippen molar-refractivity contribution in [3.8, 4) is 0 Å². The Morgan fingerprint density at radius 3 is 3.05 bits per heavy atom. The highest BCUT2D eigenvalue weighted by Gasteiger charge is 2.25. The molecule has 6 nitrogen and oxygen atoms in total. The highest BCUT2D eigenvalue weighted by Crippen LogP contribution is 2.20. The highest BCUT2D eigenvalue weighted by atomic mass is 16.5. The lowest BCUT2D eigenvalue weighted by atomic mass is 10.1. The minimum Gasteiger partial charge on any atom is -0.462 e. The van der Waals surface area contributed by atoms with Gasteiger partial charge in [-0.2, -0.15) is 5.10 Å². The summed E-state index contributed by atoms with van der Waals surface area (Å²) in [5.74, 6) is 0.0303. The Morgan fingerprint density at radius 1 is 1.63 bits per heavy atom. The van der Waals surface area contributed by atoms with Crippen LogP contribution in [0, 0.1) is 5.92 Å². The second kappa shape index (κ2) is 6.16. The standard InChI is InChI=1S/C13H21N3O3/c1-3-19-13(18)11-6-14-15(2)12(11)8-16-5-4-10(7-16)9-17/h6,10,17H,3-5,7-9H2,1-2H3. The fraction of sp³-hybridized carbons (Fsp3) is 0.692. The zero-order chi connectivity index (χ0) is 13.8. The summed E-state index contributed by atoms with van der Waals surface area (Å²) in [6.07, 6.45) is 2.57. The molecule has 1 aromatic heterocycles. The number of esters is 1. The van der Waals surface area contributed by atoms with E-state index < -0.39 is 0 Å². The Kier molecular flexibility index (Phi) is 4.55. The molecule has 0 amide bonds. The lowest BCUT2D eigenvalue weighted by Gasteiger charge is -2.16. The van der Waals surface area contributed by atoms with Crippen LogP contribution in [0.3, 0.4) is 0 Å². The Bertz CT molecular complexity index is 444. The topological polar surface area (TPSA) is 67.6 Å². The number of hydrogen-bond donors (Lipinski definition) is 1. The van der Waals surface area contributed by atoms with Crippen molar-refractivity contribution in [3.63, 3.8) is 0 Å². The van der Waals surface area contributed by atoms with Crippen LogP contribution in [0.1, 0.15) is 29.4 Å². The number of aryl methyl sites for hydroxylation is 1. The quantitative estimate of drug-likeness (QED) is 0.783. The smallest absolute Gasteiger partial charge is 0.341 e. The van der Waals surface area contributed by atoms with E-state index >= 15 is 0 Å². The third-order valence-electron chi connectivity index (χ3n) is 3.56. The lowest BCUT2D eigenvalue weighted by Crippen LogP contribution is -2.24. The first-order chi connectivity index (χ1) is 9.15. The molecule has 6 heteroatoms. The molecule has 1 N–H and O–H groups in total. The zero-order valence-electron chi connectivity index (χ0n) is 11.5. The molecule has 106 valence electrons. The molecule has 0 bridgehead atoms. The minimum atomic E-state index is -0.316. The van der Waals surface area contributed by atoms with E-state index in [1.165, 1.54) is 0 Å². The Morgan fingerprint density at radius 2 is 2.42 bits per heavy atom. The monoisotopic (exact) mass is 267 g/mol. The number of rotatable bonds is 5. The molecule has 19 heavy (non-hydrogen) atoms. The fourth-order valence-electron chi connectivity index (χ4n) is 2.45. The Labute approximate surface area is 113 Å². The number of ether oxygens (including phenoxy) is 1. The summed E-state index contributed by atoms with van der Waals surface area (Å²) >= 11 is 0. The van der Waals surface area contributed by atoms with Crippen LogP contribution >= 0.6 is 0 Å². The molecule has 2 heterocycles. The summed E-state index contributed by atoms with van der Waals surface area (Å²) in [5.41, 5.74) is 1.41. The van der Waals surface area contributed by atoms with Crippen LogP contribution in [-0.4, -0.2) is 52.1 Å². The van der Waals surface area contributed by atoms with Gasteiger partial charge in [-0.25, -0.2) is 4.79 Å². The van der Waals surface area contributed by atoms with E-state index in [1.54, 1.807) is 17.8 Å². The predicted octanol–water partition coefficient (Wildman–Crippen LogP) is 0.411. The average Bonchev–Trinajstić information content (AvgIpc) is 2.98. The van der Waals surface area contributed by atoms with E-state index in [-0.39, 0.29) is 12.6 Å². The van der Waals surface area contributed by atoms with Gasteiger partial charge in [-0.1, -0.05) is 0 Å². The lowest BCUT2D eigenvalue weighted by molar-refractivity contribution is 0.0523. The molecule has 1 fully saturated rings. The molecule has 1 unspecified atom stereocenters. The molecule has 0 radical (unpaired) electrons. The number of nitrogens with zero attached hydrogens (tertiary/aromatic N) is 3. The number of aliphatic hydroxyl groups is 1. The minimum absolute atomic E-state index is 0.229. The summed E-state index contributed by atoms with van der Waals surface area (Å²) in [6, 6.07) is 0. The van der Waals surface area contributed by atoms with Gasteiger partial charge in [-0.3, -0.25) is 9.58 Å². The van der Waals surface area contributed by atoms with Crippen LogP contribution in [-0.2, 0) is 18.3 Å². The van der Waals surface area contributed by atoms with E-state index in [1.807, 2.05) is 7.05 Å². The summed E-state index contributed by atoms with van der Waals surface area (Å²) in [4.78, 5) is 14.1.